The first-order valence-electron chi connectivity index (χ1n) is 10.5. The zero-order valence-corrected chi connectivity index (χ0v) is 19.5. The molecule has 5 rings (SSSR count). The van der Waals surface area contributed by atoms with Gasteiger partial charge in [-0.15, -0.1) is 21.5 Å². The molecule has 0 unspecified atom stereocenters. The maximum Gasteiger partial charge on any atom is 0.272 e. The summed E-state index contributed by atoms with van der Waals surface area (Å²) in [5.41, 5.74) is 3.68. The summed E-state index contributed by atoms with van der Waals surface area (Å²) in [5, 5.41) is 14.1. The molecule has 166 valence electrons. The third kappa shape index (κ3) is 3.82. The number of anilines is 1. The number of carbonyl (C=O) groups excluding carboxylic acids is 1. The molecule has 0 saturated carbocycles. The molecule has 1 atom stereocenters. The Morgan fingerprint density at radius 1 is 1.31 bits per heavy atom. The molecule has 1 aliphatic rings. The van der Waals surface area contributed by atoms with E-state index in [4.69, 9.17) is 4.74 Å². The summed E-state index contributed by atoms with van der Waals surface area (Å²) < 4.78 is 9.92. The molecule has 0 bridgehead atoms. The van der Waals surface area contributed by atoms with Gasteiger partial charge in [-0.05, 0) is 55.3 Å². The SMILES string of the molecule is Cc1cccc(NC(=O)CSc2nnc3n(C[C@H]4CCCO4)c(=O)c4sccc4n23)c1C. The van der Waals surface area contributed by atoms with E-state index < -0.39 is 0 Å². The molecule has 1 amide bonds. The van der Waals surface area contributed by atoms with Crippen LogP contribution in [0.4, 0.5) is 5.69 Å². The molecule has 10 heteroatoms. The molecular weight excluding hydrogens is 446 g/mol. The van der Waals surface area contributed by atoms with Gasteiger partial charge in [0.2, 0.25) is 11.7 Å². The lowest BCUT2D eigenvalue weighted by molar-refractivity contribution is -0.113. The summed E-state index contributed by atoms with van der Waals surface area (Å²) in [5.74, 6) is 0.550. The van der Waals surface area contributed by atoms with E-state index in [1.54, 1.807) is 4.57 Å². The fourth-order valence-electron chi connectivity index (χ4n) is 3.95. The molecule has 1 N–H and O–H groups in total. The number of thiophene rings is 1. The van der Waals surface area contributed by atoms with Crippen LogP contribution in [0.15, 0.2) is 39.6 Å². The lowest BCUT2D eigenvalue weighted by Gasteiger charge is -2.13. The normalized spacial score (nSPS) is 16.2. The van der Waals surface area contributed by atoms with Crippen molar-refractivity contribution in [3.8, 4) is 0 Å². The largest absolute Gasteiger partial charge is 0.376 e. The van der Waals surface area contributed by atoms with E-state index in [1.807, 2.05) is 47.9 Å². The molecule has 4 heterocycles. The number of thioether (sulfide) groups is 1. The van der Waals surface area contributed by atoms with Crippen LogP contribution in [0.2, 0.25) is 0 Å². The van der Waals surface area contributed by atoms with Gasteiger partial charge in [0.05, 0.1) is 23.9 Å². The van der Waals surface area contributed by atoms with Crippen LogP contribution in [0, 0.1) is 13.8 Å². The summed E-state index contributed by atoms with van der Waals surface area (Å²) >= 11 is 2.71. The van der Waals surface area contributed by atoms with Gasteiger partial charge in [0.1, 0.15) is 4.70 Å². The summed E-state index contributed by atoms with van der Waals surface area (Å²) in [6.45, 7) is 5.18. The molecule has 8 nitrogen and oxygen atoms in total. The highest BCUT2D eigenvalue weighted by molar-refractivity contribution is 7.99. The maximum atomic E-state index is 13.1. The van der Waals surface area contributed by atoms with E-state index in [0.29, 0.717) is 22.2 Å². The number of benzene rings is 1. The minimum absolute atomic E-state index is 0.00469. The Labute approximate surface area is 192 Å². The molecule has 0 aliphatic carbocycles. The first kappa shape index (κ1) is 21.2. The number of aryl methyl sites for hydroxylation is 1. The van der Waals surface area contributed by atoms with E-state index in [-0.39, 0.29) is 23.3 Å². The van der Waals surface area contributed by atoms with Crippen molar-refractivity contribution in [2.45, 2.75) is 44.5 Å². The summed E-state index contributed by atoms with van der Waals surface area (Å²) in [6, 6.07) is 7.74. The fraction of sp³-hybridized carbons (Fsp3) is 0.364. The van der Waals surface area contributed by atoms with E-state index in [1.165, 1.54) is 23.1 Å². The second kappa shape index (κ2) is 8.68. The predicted octanol–water partition coefficient (Wildman–Crippen LogP) is 3.63. The quantitative estimate of drug-likeness (QED) is 0.434. The molecule has 1 aliphatic heterocycles. The van der Waals surface area contributed by atoms with Crippen LogP contribution in [0.1, 0.15) is 24.0 Å². The molecule has 0 spiro atoms. The first-order valence-corrected chi connectivity index (χ1v) is 12.3. The number of fused-ring (bicyclic) bond motifs is 3. The maximum absolute atomic E-state index is 13.1. The monoisotopic (exact) mass is 469 g/mol. The highest BCUT2D eigenvalue weighted by Gasteiger charge is 2.23. The van der Waals surface area contributed by atoms with E-state index >= 15 is 0 Å². The fourth-order valence-corrected chi connectivity index (χ4v) is 5.52. The number of hydrogen-bond acceptors (Lipinski definition) is 7. The smallest absolute Gasteiger partial charge is 0.272 e. The van der Waals surface area contributed by atoms with Crippen molar-refractivity contribution in [3.63, 3.8) is 0 Å². The molecular formula is C22H23N5O3S2. The van der Waals surface area contributed by atoms with Crippen LogP contribution in [0.3, 0.4) is 0 Å². The van der Waals surface area contributed by atoms with Gasteiger partial charge in [0, 0.05) is 12.3 Å². The third-order valence-electron chi connectivity index (χ3n) is 5.80. The van der Waals surface area contributed by atoms with E-state index in [2.05, 4.69) is 15.5 Å². The van der Waals surface area contributed by atoms with Crippen molar-refractivity contribution < 1.29 is 9.53 Å². The van der Waals surface area contributed by atoms with Gasteiger partial charge < -0.3 is 10.1 Å². The topological polar surface area (TPSA) is 90.5 Å². The molecule has 1 saturated heterocycles. The Hall–Kier alpha value is -2.69. The molecule has 0 radical (unpaired) electrons. The summed E-state index contributed by atoms with van der Waals surface area (Å²) in [6.07, 6.45) is 1.93. The van der Waals surface area contributed by atoms with Gasteiger partial charge in [-0.1, -0.05) is 23.9 Å². The van der Waals surface area contributed by atoms with Crippen LogP contribution in [-0.2, 0) is 16.1 Å². The predicted molar refractivity (Wildman–Crippen MR) is 127 cm³/mol. The van der Waals surface area contributed by atoms with Crippen LogP contribution in [0.5, 0.6) is 0 Å². The number of hydrogen-bond donors (Lipinski definition) is 1. The summed E-state index contributed by atoms with van der Waals surface area (Å²) in [4.78, 5) is 25.7. The summed E-state index contributed by atoms with van der Waals surface area (Å²) in [7, 11) is 0. The molecule has 32 heavy (non-hydrogen) atoms. The average molecular weight is 470 g/mol. The number of ether oxygens (including phenoxy) is 1. The number of nitrogens with zero attached hydrogens (tertiary/aromatic N) is 4. The van der Waals surface area contributed by atoms with E-state index in [0.717, 1.165) is 41.8 Å². The standard InChI is InChI=1S/C22H23N5O3S2/c1-13-5-3-7-16(14(13)2)23-18(28)12-32-22-25-24-21-26(11-15-6-4-9-30-15)20(29)19-17(27(21)22)8-10-31-19/h3,5,7-8,10,15H,4,6,9,11-12H2,1-2H3,(H,23,28)/t15-/m1/s1. The zero-order chi connectivity index (χ0) is 22.2. The number of rotatable bonds is 6. The lowest BCUT2D eigenvalue weighted by Crippen LogP contribution is -2.28. The Balaban J connectivity index is 1.43. The second-order valence-electron chi connectivity index (χ2n) is 7.89. The van der Waals surface area contributed by atoms with Gasteiger partial charge in [0.25, 0.3) is 5.56 Å². The van der Waals surface area contributed by atoms with Crippen molar-refractivity contribution >= 4 is 50.7 Å². The van der Waals surface area contributed by atoms with Crippen molar-refractivity contribution in [1.82, 2.24) is 19.2 Å². The highest BCUT2D eigenvalue weighted by atomic mass is 32.2. The van der Waals surface area contributed by atoms with Crippen molar-refractivity contribution in [2.75, 3.05) is 17.7 Å². The molecule has 1 aromatic carbocycles. The number of carbonyl (C=O) groups is 1. The molecule has 1 fully saturated rings. The number of amides is 1. The first-order chi connectivity index (χ1) is 15.5. The van der Waals surface area contributed by atoms with Gasteiger partial charge >= 0.3 is 0 Å². The minimum Gasteiger partial charge on any atom is -0.376 e. The second-order valence-corrected chi connectivity index (χ2v) is 9.75. The minimum atomic E-state index is -0.116. The van der Waals surface area contributed by atoms with Crippen LogP contribution < -0.4 is 10.9 Å². The number of aromatic nitrogens is 4. The Bertz CT molecular complexity index is 1370. The van der Waals surface area contributed by atoms with Crippen LogP contribution in [0.25, 0.3) is 16.0 Å². The van der Waals surface area contributed by atoms with Gasteiger partial charge in [-0.25, -0.2) is 0 Å². The molecule has 3 aromatic heterocycles. The molecule has 4 aromatic rings. The Morgan fingerprint density at radius 2 is 2.19 bits per heavy atom. The van der Waals surface area contributed by atoms with Crippen LogP contribution >= 0.6 is 23.1 Å². The van der Waals surface area contributed by atoms with Crippen molar-refractivity contribution in [2.24, 2.45) is 0 Å². The van der Waals surface area contributed by atoms with Crippen molar-refractivity contribution in [3.05, 3.63) is 51.1 Å². The van der Waals surface area contributed by atoms with E-state index in [9.17, 15) is 9.59 Å². The number of nitrogens with one attached hydrogen (secondary N) is 1. The van der Waals surface area contributed by atoms with Gasteiger partial charge in [0.15, 0.2) is 5.16 Å². The lowest BCUT2D eigenvalue weighted by atomic mass is 10.1. The Kier molecular flexibility index (Phi) is 5.75. The average Bonchev–Trinajstić information content (AvgIpc) is 3.53. The van der Waals surface area contributed by atoms with Crippen molar-refractivity contribution in [1.29, 1.82) is 0 Å². The van der Waals surface area contributed by atoms with Crippen LogP contribution in [-0.4, -0.2) is 43.5 Å². The zero-order valence-electron chi connectivity index (χ0n) is 17.8. The Morgan fingerprint density at radius 3 is 3.00 bits per heavy atom. The third-order valence-corrected chi connectivity index (χ3v) is 7.62. The highest BCUT2D eigenvalue weighted by Crippen LogP contribution is 2.26. The van der Waals surface area contributed by atoms with Gasteiger partial charge in [-0.3, -0.25) is 18.6 Å². The van der Waals surface area contributed by atoms with Gasteiger partial charge in [-0.2, -0.15) is 0 Å².